The average Bonchev–Trinajstić information content (AvgIpc) is 2.46. The second-order valence-electron chi connectivity index (χ2n) is 4.42. The van der Waals surface area contributed by atoms with Crippen molar-refractivity contribution < 1.29 is 9.13 Å². The summed E-state index contributed by atoms with van der Waals surface area (Å²) in [6, 6.07) is 12.7. The van der Waals surface area contributed by atoms with Crippen LogP contribution in [0.15, 0.2) is 42.5 Å². The Morgan fingerprint density at radius 1 is 1.11 bits per heavy atom. The molecule has 3 heteroatoms. The highest BCUT2D eigenvalue weighted by Gasteiger charge is 2.04. The normalized spacial score (nSPS) is 10.5. The van der Waals surface area contributed by atoms with Gasteiger partial charge in [-0.25, -0.2) is 4.39 Å². The van der Waals surface area contributed by atoms with Crippen molar-refractivity contribution in [3.05, 3.63) is 65.0 Å². The van der Waals surface area contributed by atoms with Crippen LogP contribution in [0.25, 0.3) is 0 Å². The van der Waals surface area contributed by atoms with Gasteiger partial charge in [-0.2, -0.15) is 0 Å². The Morgan fingerprint density at radius 3 is 2.68 bits per heavy atom. The minimum atomic E-state index is -0.260. The van der Waals surface area contributed by atoms with Gasteiger partial charge in [-0.1, -0.05) is 25.1 Å². The lowest BCUT2D eigenvalue weighted by Crippen LogP contribution is -2.02. The summed E-state index contributed by atoms with van der Waals surface area (Å²) in [5.41, 5.74) is 8.19. The lowest BCUT2D eigenvalue weighted by atomic mass is 10.1. The molecule has 100 valence electrons. The fraction of sp³-hybridized carbons (Fsp3) is 0.250. The molecule has 0 aliphatic carbocycles. The molecule has 19 heavy (non-hydrogen) atoms. The van der Waals surface area contributed by atoms with Crippen molar-refractivity contribution in [2.24, 2.45) is 5.73 Å². The maximum absolute atomic E-state index is 13.6. The monoisotopic (exact) mass is 259 g/mol. The van der Waals surface area contributed by atoms with Crippen molar-refractivity contribution >= 4 is 0 Å². The molecular formula is C16H18FNO. The van der Waals surface area contributed by atoms with E-state index in [0.29, 0.717) is 12.1 Å². The van der Waals surface area contributed by atoms with Gasteiger partial charge in [-0.05, 0) is 41.8 Å². The van der Waals surface area contributed by atoms with Crippen LogP contribution in [0.1, 0.15) is 23.6 Å². The molecule has 0 heterocycles. The zero-order chi connectivity index (χ0) is 13.7. The van der Waals surface area contributed by atoms with Crippen molar-refractivity contribution in [1.82, 2.24) is 0 Å². The molecule has 0 fully saturated rings. The molecule has 0 aliphatic heterocycles. The molecule has 0 spiro atoms. The summed E-state index contributed by atoms with van der Waals surface area (Å²) in [7, 11) is 0. The van der Waals surface area contributed by atoms with Crippen molar-refractivity contribution in [3.8, 4) is 5.75 Å². The van der Waals surface area contributed by atoms with E-state index in [2.05, 4.69) is 6.92 Å². The highest BCUT2D eigenvalue weighted by molar-refractivity contribution is 5.29. The molecule has 0 saturated carbocycles. The number of nitrogens with two attached hydrogens (primary N) is 1. The molecule has 2 N–H and O–H groups in total. The van der Waals surface area contributed by atoms with E-state index in [1.807, 2.05) is 24.3 Å². The van der Waals surface area contributed by atoms with Crippen molar-refractivity contribution in [1.29, 1.82) is 0 Å². The Morgan fingerprint density at radius 2 is 1.95 bits per heavy atom. The van der Waals surface area contributed by atoms with Gasteiger partial charge >= 0.3 is 0 Å². The van der Waals surface area contributed by atoms with Crippen LogP contribution in [0.4, 0.5) is 4.39 Å². The first-order valence-electron chi connectivity index (χ1n) is 6.42. The molecule has 0 bridgehead atoms. The molecule has 0 radical (unpaired) electrons. The van der Waals surface area contributed by atoms with E-state index >= 15 is 0 Å². The van der Waals surface area contributed by atoms with Gasteiger partial charge < -0.3 is 10.5 Å². The first-order valence-corrected chi connectivity index (χ1v) is 6.42. The van der Waals surface area contributed by atoms with E-state index in [9.17, 15) is 4.39 Å². The molecule has 0 amide bonds. The number of benzene rings is 2. The fourth-order valence-corrected chi connectivity index (χ4v) is 1.88. The van der Waals surface area contributed by atoms with E-state index < -0.39 is 0 Å². The van der Waals surface area contributed by atoms with Crippen LogP contribution >= 0.6 is 0 Å². The van der Waals surface area contributed by atoms with E-state index in [1.54, 1.807) is 12.1 Å². The maximum atomic E-state index is 13.6. The first-order chi connectivity index (χ1) is 9.22. The summed E-state index contributed by atoms with van der Waals surface area (Å²) in [6.45, 7) is 2.70. The fourth-order valence-electron chi connectivity index (χ4n) is 1.88. The Labute approximate surface area is 113 Å². The molecular weight excluding hydrogens is 241 g/mol. The van der Waals surface area contributed by atoms with Crippen molar-refractivity contribution in [2.45, 2.75) is 26.5 Å². The number of hydrogen-bond acceptors (Lipinski definition) is 2. The lowest BCUT2D eigenvalue weighted by Gasteiger charge is -2.09. The lowest BCUT2D eigenvalue weighted by molar-refractivity contribution is 0.299. The topological polar surface area (TPSA) is 35.2 Å². The summed E-state index contributed by atoms with van der Waals surface area (Å²) in [4.78, 5) is 0. The van der Waals surface area contributed by atoms with Crippen molar-refractivity contribution in [2.75, 3.05) is 0 Å². The molecule has 0 saturated heterocycles. The van der Waals surface area contributed by atoms with E-state index in [-0.39, 0.29) is 12.4 Å². The first kappa shape index (κ1) is 13.6. The summed E-state index contributed by atoms with van der Waals surface area (Å²) < 4.78 is 19.3. The van der Waals surface area contributed by atoms with Gasteiger partial charge in [0, 0.05) is 12.1 Å². The third-order valence-corrected chi connectivity index (χ3v) is 3.05. The van der Waals surface area contributed by atoms with Gasteiger partial charge in [0.25, 0.3) is 0 Å². The summed E-state index contributed by atoms with van der Waals surface area (Å²) >= 11 is 0. The van der Waals surface area contributed by atoms with Crippen molar-refractivity contribution in [3.63, 3.8) is 0 Å². The minimum absolute atomic E-state index is 0.215. The van der Waals surface area contributed by atoms with Crippen LogP contribution in [0.5, 0.6) is 5.75 Å². The van der Waals surface area contributed by atoms with Crippen LogP contribution in [0.2, 0.25) is 0 Å². The zero-order valence-corrected chi connectivity index (χ0v) is 11.0. The second kappa shape index (κ2) is 6.34. The Balaban J connectivity index is 2.09. The smallest absolute Gasteiger partial charge is 0.129 e. The molecule has 0 atom stereocenters. The summed E-state index contributed by atoms with van der Waals surface area (Å²) in [5.74, 6) is 0.501. The molecule has 2 nitrogen and oxygen atoms in total. The summed E-state index contributed by atoms with van der Waals surface area (Å²) in [5, 5.41) is 0. The van der Waals surface area contributed by atoms with Crippen LogP contribution in [0, 0.1) is 5.82 Å². The Bertz CT molecular complexity index is 554. The predicted molar refractivity (Wildman–Crippen MR) is 74.4 cm³/mol. The standard InChI is InChI=1S/C16H18FNO/c1-2-12-4-3-5-15(9-12)19-11-14-8-13(10-18)6-7-16(14)17/h3-9H,2,10-11,18H2,1H3. The summed E-state index contributed by atoms with van der Waals surface area (Å²) in [6.07, 6.45) is 0.953. The SMILES string of the molecule is CCc1cccc(OCc2cc(CN)ccc2F)c1. The largest absolute Gasteiger partial charge is 0.489 e. The number of rotatable bonds is 5. The average molecular weight is 259 g/mol. The zero-order valence-electron chi connectivity index (χ0n) is 11.0. The predicted octanol–water partition coefficient (Wildman–Crippen LogP) is 3.43. The van der Waals surface area contributed by atoms with E-state index in [1.165, 1.54) is 11.6 Å². The third-order valence-electron chi connectivity index (χ3n) is 3.05. The number of ether oxygens (including phenoxy) is 1. The van der Waals surface area contributed by atoms with Gasteiger partial charge in [0.2, 0.25) is 0 Å². The Hall–Kier alpha value is -1.87. The van der Waals surface area contributed by atoms with Crippen LogP contribution in [-0.4, -0.2) is 0 Å². The molecule has 2 aromatic rings. The molecule has 2 rings (SSSR count). The van der Waals surface area contributed by atoms with Gasteiger partial charge in [0.15, 0.2) is 0 Å². The van der Waals surface area contributed by atoms with Gasteiger partial charge in [0.1, 0.15) is 18.2 Å². The Kier molecular flexibility index (Phi) is 4.53. The van der Waals surface area contributed by atoms with Gasteiger partial charge in [-0.3, -0.25) is 0 Å². The van der Waals surface area contributed by atoms with Crippen LogP contribution < -0.4 is 10.5 Å². The minimum Gasteiger partial charge on any atom is -0.489 e. The van der Waals surface area contributed by atoms with Crippen LogP contribution in [0.3, 0.4) is 0 Å². The molecule has 0 unspecified atom stereocenters. The highest BCUT2D eigenvalue weighted by Crippen LogP contribution is 2.17. The molecule has 0 aromatic heterocycles. The van der Waals surface area contributed by atoms with Gasteiger partial charge in [-0.15, -0.1) is 0 Å². The molecule has 0 aliphatic rings. The van der Waals surface area contributed by atoms with Gasteiger partial charge in [0.05, 0.1) is 0 Å². The second-order valence-corrected chi connectivity index (χ2v) is 4.42. The van der Waals surface area contributed by atoms with E-state index in [4.69, 9.17) is 10.5 Å². The third kappa shape index (κ3) is 3.55. The quantitative estimate of drug-likeness (QED) is 0.893. The number of halogens is 1. The number of aryl methyl sites for hydroxylation is 1. The van der Waals surface area contributed by atoms with Crippen LogP contribution in [-0.2, 0) is 19.6 Å². The highest BCUT2D eigenvalue weighted by atomic mass is 19.1. The maximum Gasteiger partial charge on any atom is 0.129 e. The molecule has 2 aromatic carbocycles. The number of hydrogen-bond donors (Lipinski definition) is 1. The van der Waals surface area contributed by atoms with E-state index in [0.717, 1.165) is 17.7 Å².